The molecule has 1 aliphatic carbocycles. The molecule has 2 unspecified atom stereocenters. The first-order valence-corrected chi connectivity index (χ1v) is 6.54. The summed E-state index contributed by atoms with van der Waals surface area (Å²) in [5.74, 6) is 0. The number of pyridine rings is 1. The lowest BCUT2D eigenvalue weighted by Gasteiger charge is -2.17. The van der Waals surface area contributed by atoms with Crippen molar-refractivity contribution in [1.82, 2.24) is 4.98 Å². The highest BCUT2D eigenvalue weighted by Gasteiger charge is 2.24. The van der Waals surface area contributed by atoms with Crippen molar-refractivity contribution in [1.29, 1.82) is 0 Å². The minimum absolute atomic E-state index is 0.207. The quantitative estimate of drug-likeness (QED) is 0.900. The first-order valence-electron chi connectivity index (χ1n) is 6.54. The van der Waals surface area contributed by atoms with Crippen molar-refractivity contribution in [3.8, 4) is 0 Å². The minimum Gasteiger partial charge on any atom is -0.372 e. The van der Waals surface area contributed by atoms with E-state index in [9.17, 15) is 0 Å². The Labute approximate surface area is 107 Å². The fraction of sp³-hybridized carbons (Fsp3) is 0.400. The highest BCUT2D eigenvalue weighted by atomic mass is 16.5. The monoisotopic (exact) mass is 242 g/mol. The largest absolute Gasteiger partial charge is 0.372 e. The third kappa shape index (κ3) is 2.24. The Bertz CT molecular complexity index is 536. The molecule has 94 valence electrons. The van der Waals surface area contributed by atoms with E-state index >= 15 is 0 Å². The van der Waals surface area contributed by atoms with E-state index in [-0.39, 0.29) is 12.1 Å². The number of fused-ring (bicyclic) bond motifs is 1. The Morgan fingerprint density at radius 2 is 2.11 bits per heavy atom. The number of nitrogens with two attached hydrogens (primary N) is 1. The Morgan fingerprint density at radius 3 is 2.94 bits per heavy atom. The van der Waals surface area contributed by atoms with Gasteiger partial charge < -0.3 is 10.5 Å². The molecule has 3 rings (SSSR count). The van der Waals surface area contributed by atoms with E-state index < -0.39 is 0 Å². The molecule has 0 radical (unpaired) electrons. The molecule has 18 heavy (non-hydrogen) atoms. The van der Waals surface area contributed by atoms with Gasteiger partial charge in [0.1, 0.15) is 0 Å². The first kappa shape index (κ1) is 11.6. The summed E-state index contributed by atoms with van der Waals surface area (Å²) in [6, 6.07) is 10.4. The van der Waals surface area contributed by atoms with Crippen LogP contribution < -0.4 is 5.73 Å². The van der Waals surface area contributed by atoms with Gasteiger partial charge in [-0.05, 0) is 37.0 Å². The van der Waals surface area contributed by atoms with Crippen LogP contribution in [0, 0.1) is 0 Å². The van der Waals surface area contributed by atoms with E-state index in [0.717, 1.165) is 18.4 Å². The van der Waals surface area contributed by atoms with Crippen LogP contribution in [0.5, 0.6) is 0 Å². The van der Waals surface area contributed by atoms with Gasteiger partial charge in [0, 0.05) is 17.6 Å². The smallest absolute Gasteiger partial charge is 0.0730 e. The maximum atomic E-state index is 6.02. The van der Waals surface area contributed by atoms with Crippen LogP contribution in [-0.2, 0) is 11.3 Å². The second kappa shape index (κ2) is 5.04. The zero-order chi connectivity index (χ0) is 12.4. The van der Waals surface area contributed by atoms with Gasteiger partial charge in [0.25, 0.3) is 0 Å². The molecule has 1 saturated carbocycles. The number of rotatable bonds is 3. The molecular weight excluding hydrogens is 224 g/mol. The van der Waals surface area contributed by atoms with Crippen LogP contribution in [0.4, 0.5) is 0 Å². The lowest BCUT2D eigenvalue weighted by molar-refractivity contribution is 0.0363. The third-order valence-corrected chi connectivity index (χ3v) is 3.70. The molecule has 1 fully saturated rings. The van der Waals surface area contributed by atoms with Crippen LogP contribution in [0.3, 0.4) is 0 Å². The Morgan fingerprint density at radius 1 is 1.22 bits per heavy atom. The Balaban J connectivity index is 1.78. The second-order valence-electron chi connectivity index (χ2n) is 4.93. The molecule has 0 saturated heterocycles. The molecule has 1 heterocycles. The van der Waals surface area contributed by atoms with E-state index in [4.69, 9.17) is 10.5 Å². The third-order valence-electron chi connectivity index (χ3n) is 3.70. The standard InChI is InChI=1S/C15H18N2O/c16-13-5-3-7-15(13)18-10-11-8-9-17-14-6-2-1-4-12(11)14/h1-2,4,6,8-9,13,15H,3,5,7,10,16H2. The molecule has 0 bridgehead atoms. The molecule has 2 atom stereocenters. The summed E-state index contributed by atoms with van der Waals surface area (Å²) < 4.78 is 5.96. The van der Waals surface area contributed by atoms with Gasteiger partial charge in [-0.2, -0.15) is 0 Å². The number of hydrogen-bond acceptors (Lipinski definition) is 3. The van der Waals surface area contributed by atoms with Gasteiger partial charge in [-0.25, -0.2) is 0 Å². The van der Waals surface area contributed by atoms with Crippen molar-refractivity contribution in [3.05, 3.63) is 42.1 Å². The maximum absolute atomic E-state index is 6.02. The van der Waals surface area contributed by atoms with Crippen molar-refractivity contribution in [3.63, 3.8) is 0 Å². The fourth-order valence-electron chi connectivity index (χ4n) is 2.64. The van der Waals surface area contributed by atoms with Crippen molar-refractivity contribution >= 4 is 10.9 Å². The van der Waals surface area contributed by atoms with E-state index in [0.29, 0.717) is 6.61 Å². The molecule has 0 amide bonds. The predicted octanol–water partition coefficient (Wildman–Crippen LogP) is 2.63. The van der Waals surface area contributed by atoms with Crippen LogP contribution in [0.2, 0.25) is 0 Å². The molecule has 3 nitrogen and oxygen atoms in total. The minimum atomic E-state index is 0.207. The van der Waals surface area contributed by atoms with Gasteiger partial charge >= 0.3 is 0 Å². The van der Waals surface area contributed by atoms with Gasteiger partial charge in [-0.15, -0.1) is 0 Å². The summed E-state index contributed by atoms with van der Waals surface area (Å²) in [5, 5.41) is 1.17. The topological polar surface area (TPSA) is 48.1 Å². The molecule has 0 aliphatic heterocycles. The second-order valence-corrected chi connectivity index (χ2v) is 4.93. The zero-order valence-corrected chi connectivity index (χ0v) is 10.4. The molecule has 1 aliphatic rings. The fourth-order valence-corrected chi connectivity index (χ4v) is 2.64. The number of aromatic nitrogens is 1. The van der Waals surface area contributed by atoms with Crippen LogP contribution in [0.1, 0.15) is 24.8 Å². The van der Waals surface area contributed by atoms with Gasteiger partial charge in [-0.1, -0.05) is 18.2 Å². The SMILES string of the molecule is NC1CCCC1OCc1ccnc2ccccc12. The van der Waals surface area contributed by atoms with E-state index in [1.54, 1.807) is 0 Å². The average Bonchev–Trinajstić information content (AvgIpc) is 2.82. The molecule has 2 N–H and O–H groups in total. The number of benzene rings is 1. The molecule has 1 aromatic carbocycles. The summed E-state index contributed by atoms with van der Waals surface area (Å²) in [5.41, 5.74) is 8.24. The summed E-state index contributed by atoms with van der Waals surface area (Å²) in [6.45, 7) is 0.626. The van der Waals surface area contributed by atoms with Crippen LogP contribution in [0.15, 0.2) is 36.5 Å². The number of para-hydroxylation sites is 1. The van der Waals surface area contributed by atoms with Crippen LogP contribution in [-0.4, -0.2) is 17.1 Å². The van der Waals surface area contributed by atoms with Crippen LogP contribution >= 0.6 is 0 Å². The van der Waals surface area contributed by atoms with Crippen molar-refractivity contribution in [2.24, 2.45) is 5.73 Å². The van der Waals surface area contributed by atoms with Crippen molar-refractivity contribution in [2.75, 3.05) is 0 Å². The summed E-state index contributed by atoms with van der Waals surface area (Å²) in [7, 11) is 0. The molecule has 2 aromatic rings. The lowest BCUT2D eigenvalue weighted by atomic mass is 10.1. The summed E-state index contributed by atoms with van der Waals surface area (Å²) in [6.07, 6.45) is 5.42. The Kier molecular flexibility index (Phi) is 3.26. The Hall–Kier alpha value is -1.45. The zero-order valence-electron chi connectivity index (χ0n) is 10.4. The highest BCUT2D eigenvalue weighted by Crippen LogP contribution is 2.23. The van der Waals surface area contributed by atoms with E-state index in [1.165, 1.54) is 17.4 Å². The van der Waals surface area contributed by atoms with Crippen LogP contribution in [0.25, 0.3) is 10.9 Å². The average molecular weight is 242 g/mol. The number of hydrogen-bond donors (Lipinski definition) is 1. The van der Waals surface area contributed by atoms with Gasteiger partial charge in [0.2, 0.25) is 0 Å². The number of nitrogens with zero attached hydrogens (tertiary/aromatic N) is 1. The van der Waals surface area contributed by atoms with E-state index in [2.05, 4.69) is 11.1 Å². The summed E-state index contributed by atoms with van der Waals surface area (Å²) in [4.78, 5) is 4.36. The molecule has 3 heteroatoms. The van der Waals surface area contributed by atoms with Crippen molar-refractivity contribution < 1.29 is 4.74 Å². The predicted molar refractivity (Wildman–Crippen MR) is 72.1 cm³/mol. The lowest BCUT2D eigenvalue weighted by Crippen LogP contribution is -2.31. The van der Waals surface area contributed by atoms with Gasteiger partial charge in [0.15, 0.2) is 0 Å². The van der Waals surface area contributed by atoms with Gasteiger partial charge in [-0.3, -0.25) is 4.98 Å². The summed E-state index contributed by atoms with van der Waals surface area (Å²) >= 11 is 0. The number of ether oxygens (including phenoxy) is 1. The van der Waals surface area contributed by atoms with E-state index in [1.807, 2.05) is 30.5 Å². The van der Waals surface area contributed by atoms with Crippen molar-refractivity contribution in [2.45, 2.75) is 38.0 Å². The molecule has 0 spiro atoms. The normalized spacial score (nSPS) is 23.6. The highest BCUT2D eigenvalue weighted by molar-refractivity contribution is 5.81. The maximum Gasteiger partial charge on any atom is 0.0730 e. The van der Waals surface area contributed by atoms with Gasteiger partial charge in [0.05, 0.1) is 18.2 Å². The first-order chi connectivity index (χ1) is 8.84. The molecular formula is C15H18N2O. The molecule has 1 aromatic heterocycles.